The summed E-state index contributed by atoms with van der Waals surface area (Å²) in [5, 5.41) is 4.06. The highest BCUT2D eigenvalue weighted by molar-refractivity contribution is 5.78. The zero-order chi connectivity index (χ0) is 21.0. The molecule has 29 heavy (non-hydrogen) atoms. The molecule has 1 aliphatic heterocycles. The van der Waals surface area contributed by atoms with Crippen molar-refractivity contribution in [2.45, 2.75) is 25.4 Å². The number of halogens is 3. The van der Waals surface area contributed by atoms with Gasteiger partial charge in [-0.05, 0) is 37.0 Å². The Morgan fingerprint density at radius 3 is 2.52 bits per heavy atom. The second-order valence-corrected chi connectivity index (χ2v) is 7.09. The fourth-order valence-electron chi connectivity index (χ4n) is 3.30. The van der Waals surface area contributed by atoms with Crippen LogP contribution in [-0.2, 0) is 24.4 Å². The molecule has 2 aromatic rings. The summed E-state index contributed by atoms with van der Waals surface area (Å²) in [5.74, 6) is -0.173. The number of ether oxygens (including phenoxy) is 1. The highest BCUT2D eigenvalue weighted by Gasteiger charge is 2.34. The molecule has 0 atom stereocenters. The SMILES string of the molecule is Cn1nc(CC(=O)N2CCC(COc3ccccc3C(F)(F)F)CC2)ccc1=O. The van der Waals surface area contributed by atoms with E-state index in [1.165, 1.54) is 36.0 Å². The number of hydrogen-bond donors (Lipinski definition) is 0. The highest BCUT2D eigenvalue weighted by Crippen LogP contribution is 2.36. The predicted octanol–water partition coefficient (Wildman–Crippen LogP) is 2.66. The van der Waals surface area contributed by atoms with Crippen molar-refractivity contribution in [3.8, 4) is 5.75 Å². The smallest absolute Gasteiger partial charge is 0.419 e. The molecule has 1 aliphatic rings. The number of alkyl halides is 3. The van der Waals surface area contributed by atoms with E-state index < -0.39 is 11.7 Å². The van der Waals surface area contributed by atoms with E-state index in [0.29, 0.717) is 31.6 Å². The lowest BCUT2D eigenvalue weighted by Crippen LogP contribution is -2.40. The number of carbonyl (C=O) groups excluding carboxylic acids is 1. The minimum Gasteiger partial charge on any atom is -0.493 e. The largest absolute Gasteiger partial charge is 0.493 e. The molecule has 0 aliphatic carbocycles. The summed E-state index contributed by atoms with van der Waals surface area (Å²) in [4.78, 5) is 25.5. The number of nitrogens with zero attached hydrogens (tertiary/aromatic N) is 3. The number of carbonyl (C=O) groups is 1. The van der Waals surface area contributed by atoms with Crippen molar-refractivity contribution in [1.82, 2.24) is 14.7 Å². The summed E-state index contributed by atoms with van der Waals surface area (Å²) >= 11 is 0. The summed E-state index contributed by atoms with van der Waals surface area (Å²) in [7, 11) is 1.53. The molecule has 1 aromatic heterocycles. The van der Waals surface area contributed by atoms with Gasteiger partial charge < -0.3 is 9.64 Å². The van der Waals surface area contributed by atoms with E-state index >= 15 is 0 Å². The monoisotopic (exact) mass is 409 g/mol. The summed E-state index contributed by atoms with van der Waals surface area (Å²) in [6.45, 7) is 1.20. The Morgan fingerprint density at radius 1 is 1.17 bits per heavy atom. The lowest BCUT2D eigenvalue weighted by molar-refractivity contribution is -0.139. The van der Waals surface area contributed by atoms with E-state index in [4.69, 9.17) is 4.74 Å². The number of amides is 1. The molecule has 0 spiro atoms. The Bertz CT molecular complexity index is 919. The fraction of sp³-hybridized carbons (Fsp3) is 0.450. The van der Waals surface area contributed by atoms with Gasteiger partial charge in [-0.2, -0.15) is 18.3 Å². The van der Waals surface area contributed by atoms with Gasteiger partial charge in [0.05, 0.1) is 24.3 Å². The Labute approximate surface area is 165 Å². The van der Waals surface area contributed by atoms with Gasteiger partial charge in [0.25, 0.3) is 5.56 Å². The van der Waals surface area contributed by atoms with Crippen molar-refractivity contribution < 1.29 is 22.7 Å². The zero-order valence-corrected chi connectivity index (χ0v) is 16.0. The first-order valence-electron chi connectivity index (χ1n) is 9.34. The molecule has 6 nitrogen and oxygen atoms in total. The Kier molecular flexibility index (Phi) is 6.24. The zero-order valence-electron chi connectivity index (χ0n) is 16.0. The maximum absolute atomic E-state index is 13.0. The van der Waals surface area contributed by atoms with Crippen molar-refractivity contribution >= 4 is 5.91 Å². The molecule has 1 fully saturated rings. The first-order valence-corrected chi connectivity index (χ1v) is 9.34. The number of aromatic nitrogens is 2. The first-order chi connectivity index (χ1) is 13.7. The first kappa shape index (κ1) is 20.9. The molecule has 1 saturated heterocycles. The molecular formula is C20H22F3N3O3. The summed E-state index contributed by atoms with van der Waals surface area (Å²) in [6.07, 6.45) is -3.04. The number of rotatable bonds is 5. The molecule has 0 radical (unpaired) electrons. The summed E-state index contributed by atoms with van der Waals surface area (Å²) < 4.78 is 45.7. The highest BCUT2D eigenvalue weighted by atomic mass is 19.4. The van der Waals surface area contributed by atoms with Gasteiger partial charge in [0.2, 0.25) is 5.91 Å². The van der Waals surface area contributed by atoms with Crippen LogP contribution in [0.4, 0.5) is 13.2 Å². The van der Waals surface area contributed by atoms with Crippen molar-refractivity contribution in [2.75, 3.05) is 19.7 Å². The number of para-hydroxylation sites is 1. The van der Waals surface area contributed by atoms with E-state index in [0.717, 1.165) is 6.07 Å². The Hall–Kier alpha value is -2.84. The minimum atomic E-state index is -4.46. The van der Waals surface area contributed by atoms with Crippen molar-refractivity contribution in [1.29, 1.82) is 0 Å². The normalized spacial score (nSPS) is 15.4. The van der Waals surface area contributed by atoms with E-state index in [1.54, 1.807) is 11.0 Å². The number of likely N-dealkylation sites (tertiary alicyclic amines) is 1. The maximum Gasteiger partial charge on any atom is 0.419 e. The van der Waals surface area contributed by atoms with E-state index in [1.807, 2.05) is 0 Å². The molecular weight excluding hydrogens is 387 g/mol. The van der Waals surface area contributed by atoms with Gasteiger partial charge in [-0.3, -0.25) is 9.59 Å². The molecule has 0 saturated carbocycles. The van der Waals surface area contributed by atoms with Crippen LogP contribution in [0.5, 0.6) is 5.75 Å². The number of aryl methyl sites for hydroxylation is 1. The van der Waals surface area contributed by atoms with Crippen LogP contribution >= 0.6 is 0 Å². The summed E-state index contributed by atoms with van der Waals surface area (Å²) in [5.41, 5.74) is -0.502. The van der Waals surface area contributed by atoms with Crippen LogP contribution in [0.15, 0.2) is 41.2 Å². The Balaban J connectivity index is 1.50. The minimum absolute atomic E-state index is 0.0796. The second-order valence-electron chi connectivity index (χ2n) is 7.09. The fourth-order valence-corrected chi connectivity index (χ4v) is 3.30. The molecule has 1 amide bonds. The molecule has 9 heteroatoms. The number of hydrogen-bond acceptors (Lipinski definition) is 4. The molecule has 156 valence electrons. The van der Waals surface area contributed by atoms with Crippen LogP contribution in [0, 0.1) is 5.92 Å². The third-order valence-corrected chi connectivity index (χ3v) is 4.98. The van der Waals surface area contributed by atoms with Gasteiger partial charge in [-0.1, -0.05) is 12.1 Å². The molecule has 1 aromatic carbocycles. The van der Waals surface area contributed by atoms with Crippen LogP contribution in [0.1, 0.15) is 24.1 Å². The maximum atomic E-state index is 13.0. The van der Waals surface area contributed by atoms with Crippen molar-refractivity contribution in [3.05, 3.63) is 58.0 Å². The molecule has 0 bridgehead atoms. The lowest BCUT2D eigenvalue weighted by Gasteiger charge is -2.32. The van der Waals surface area contributed by atoms with E-state index in [9.17, 15) is 22.8 Å². The average Bonchev–Trinajstić information content (AvgIpc) is 2.69. The van der Waals surface area contributed by atoms with E-state index in [-0.39, 0.29) is 36.2 Å². The van der Waals surface area contributed by atoms with Crippen LogP contribution in [0.25, 0.3) is 0 Å². The Morgan fingerprint density at radius 2 is 1.86 bits per heavy atom. The molecule has 3 rings (SSSR count). The van der Waals surface area contributed by atoms with Crippen LogP contribution in [-0.4, -0.2) is 40.3 Å². The molecule has 0 unspecified atom stereocenters. The average molecular weight is 409 g/mol. The van der Waals surface area contributed by atoms with Crippen LogP contribution < -0.4 is 10.3 Å². The third-order valence-electron chi connectivity index (χ3n) is 4.98. The number of benzene rings is 1. The quantitative estimate of drug-likeness (QED) is 0.762. The van der Waals surface area contributed by atoms with Crippen LogP contribution in [0.2, 0.25) is 0 Å². The molecule has 2 heterocycles. The van der Waals surface area contributed by atoms with Crippen LogP contribution in [0.3, 0.4) is 0 Å². The van der Waals surface area contributed by atoms with Gasteiger partial charge in [0.1, 0.15) is 5.75 Å². The third kappa shape index (κ3) is 5.36. The topological polar surface area (TPSA) is 64.4 Å². The molecule has 0 N–H and O–H groups in total. The predicted molar refractivity (Wildman–Crippen MR) is 99.4 cm³/mol. The standard InChI is InChI=1S/C20H22F3N3O3/c1-25-18(27)7-6-15(24-25)12-19(28)26-10-8-14(9-11-26)13-29-17-5-3-2-4-16(17)20(21,22)23/h2-7,14H,8-13H2,1H3. The number of piperidine rings is 1. The summed E-state index contributed by atoms with van der Waals surface area (Å²) in [6, 6.07) is 8.08. The van der Waals surface area contributed by atoms with Gasteiger partial charge in [0.15, 0.2) is 0 Å². The van der Waals surface area contributed by atoms with Gasteiger partial charge in [-0.25, -0.2) is 4.68 Å². The van der Waals surface area contributed by atoms with E-state index in [2.05, 4.69) is 5.10 Å². The van der Waals surface area contributed by atoms with Gasteiger partial charge in [0, 0.05) is 26.2 Å². The van der Waals surface area contributed by atoms with Crippen molar-refractivity contribution in [2.24, 2.45) is 13.0 Å². The van der Waals surface area contributed by atoms with Gasteiger partial charge in [-0.15, -0.1) is 0 Å². The lowest BCUT2D eigenvalue weighted by atomic mass is 9.97. The van der Waals surface area contributed by atoms with Gasteiger partial charge >= 0.3 is 6.18 Å². The second kappa shape index (κ2) is 8.67. The van der Waals surface area contributed by atoms with Crippen molar-refractivity contribution in [3.63, 3.8) is 0 Å².